The van der Waals surface area contributed by atoms with Crippen LogP contribution in [0.5, 0.6) is 0 Å². The summed E-state index contributed by atoms with van der Waals surface area (Å²) in [5, 5.41) is 10.7. The summed E-state index contributed by atoms with van der Waals surface area (Å²) >= 11 is 7.75. The highest BCUT2D eigenvalue weighted by Gasteiger charge is 2.18. The molecular weight excluding hydrogens is 482 g/mol. The van der Waals surface area contributed by atoms with Gasteiger partial charge in [0.1, 0.15) is 6.26 Å². The number of halogens is 1. The molecule has 0 atom stereocenters. The van der Waals surface area contributed by atoms with Gasteiger partial charge in [0.05, 0.1) is 33.7 Å². The van der Waals surface area contributed by atoms with Gasteiger partial charge in [-0.05, 0) is 29.8 Å². The van der Waals surface area contributed by atoms with Gasteiger partial charge in [-0.3, -0.25) is 13.8 Å². The van der Waals surface area contributed by atoms with Crippen LogP contribution in [0.25, 0.3) is 28.1 Å². The van der Waals surface area contributed by atoms with Gasteiger partial charge in [-0.25, -0.2) is 4.98 Å². The van der Waals surface area contributed by atoms with Crippen LogP contribution in [0.3, 0.4) is 0 Å². The molecule has 0 aliphatic heterocycles. The summed E-state index contributed by atoms with van der Waals surface area (Å²) in [4.78, 5) is 17.9. The number of benzene rings is 3. The summed E-state index contributed by atoms with van der Waals surface area (Å²) < 4.78 is 9.26. The third-order valence-corrected chi connectivity index (χ3v) is 6.96. The number of nitrogens with zero attached hydrogens (tertiary/aromatic N) is 5. The Kier molecular flexibility index (Phi) is 5.60. The average Bonchev–Trinajstić information content (AvgIpc) is 3.54. The van der Waals surface area contributed by atoms with E-state index in [2.05, 4.69) is 15.2 Å². The Morgan fingerprint density at radius 3 is 2.54 bits per heavy atom. The van der Waals surface area contributed by atoms with E-state index in [1.165, 1.54) is 11.8 Å². The Morgan fingerprint density at radius 1 is 0.914 bits per heavy atom. The number of hydrogen-bond acceptors (Lipinski definition) is 6. The molecule has 172 valence electrons. The van der Waals surface area contributed by atoms with Crippen molar-refractivity contribution in [3.8, 4) is 11.5 Å². The van der Waals surface area contributed by atoms with E-state index in [1.807, 2.05) is 77.2 Å². The maximum absolute atomic E-state index is 13.3. The van der Waals surface area contributed by atoms with Crippen molar-refractivity contribution in [1.82, 2.24) is 24.1 Å². The molecule has 3 aromatic heterocycles. The molecule has 0 bridgehead atoms. The van der Waals surface area contributed by atoms with Crippen molar-refractivity contribution in [3.05, 3.63) is 112 Å². The van der Waals surface area contributed by atoms with E-state index in [1.54, 1.807) is 16.9 Å². The molecule has 0 aliphatic rings. The second-order valence-electron chi connectivity index (χ2n) is 7.92. The Balaban J connectivity index is 1.38. The van der Waals surface area contributed by atoms with E-state index in [0.29, 0.717) is 39.5 Å². The van der Waals surface area contributed by atoms with Gasteiger partial charge < -0.3 is 4.42 Å². The first kappa shape index (κ1) is 21.6. The van der Waals surface area contributed by atoms with Crippen molar-refractivity contribution in [2.45, 2.75) is 17.5 Å². The Hall–Kier alpha value is -3.88. The molecule has 6 rings (SSSR count). The molecule has 0 saturated heterocycles. The molecule has 3 aromatic carbocycles. The highest BCUT2D eigenvalue weighted by molar-refractivity contribution is 7.98. The van der Waals surface area contributed by atoms with Gasteiger partial charge in [0, 0.05) is 5.75 Å². The first-order chi connectivity index (χ1) is 17.2. The predicted octanol–water partition coefficient (Wildman–Crippen LogP) is 5.69. The van der Waals surface area contributed by atoms with E-state index in [4.69, 9.17) is 16.0 Å². The molecule has 35 heavy (non-hydrogen) atoms. The minimum Gasteiger partial charge on any atom is -0.444 e. The smallest absolute Gasteiger partial charge is 0.263 e. The van der Waals surface area contributed by atoms with Crippen LogP contribution >= 0.6 is 23.4 Å². The second kappa shape index (κ2) is 9.05. The van der Waals surface area contributed by atoms with Gasteiger partial charge >= 0.3 is 0 Å². The molecule has 0 spiro atoms. The number of aromatic nitrogens is 5. The predicted molar refractivity (Wildman–Crippen MR) is 137 cm³/mol. The van der Waals surface area contributed by atoms with Gasteiger partial charge in [-0.1, -0.05) is 78.0 Å². The summed E-state index contributed by atoms with van der Waals surface area (Å²) in [7, 11) is 0. The van der Waals surface area contributed by atoms with Gasteiger partial charge in [0.25, 0.3) is 5.56 Å². The lowest BCUT2D eigenvalue weighted by Gasteiger charge is -2.11. The first-order valence-electron chi connectivity index (χ1n) is 10.9. The van der Waals surface area contributed by atoms with Crippen molar-refractivity contribution < 1.29 is 4.42 Å². The number of thioether (sulfide) groups is 1. The van der Waals surface area contributed by atoms with Crippen molar-refractivity contribution in [1.29, 1.82) is 0 Å². The SMILES string of the molecule is O=c1c2ccccc2n2c(SCc3coc(-c4ccccc4Cl)n3)nnc2n1Cc1ccccc1. The van der Waals surface area contributed by atoms with Crippen LogP contribution < -0.4 is 5.56 Å². The van der Waals surface area contributed by atoms with Crippen molar-refractivity contribution in [2.24, 2.45) is 0 Å². The van der Waals surface area contributed by atoms with Crippen LogP contribution in [0.2, 0.25) is 5.02 Å². The molecule has 0 saturated carbocycles. The maximum Gasteiger partial charge on any atom is 0.263 e. The average molecular weight is 500 g/mol. The largest absolute Gasteiger partial charge is 0.444 e. The fourth-order valence-corrected chi connectivity index (χ4v) is 5.04. The third kappa shape index (κ3) is 4.00. The summed E-state index contributed by atoms with van der Waals surface area (Å²) in [5.74, 6) is 1.48. The molecule has 9 heteroatoms. The Morgan fingerprint density at radius 2 is 1.69 bits per heavy atom. The molecular formula is C26H18ClN5O2S. The van der Waals surface area contributed by atoms with E-state index in [-0.39, 0.29) is 5.56 Å². The fraction of sp³-hybridized carbons (Fsp3) is 0.0769. The van der Waals surface area contributed by atoms with Crippen LogP contribution in [0.1, 0.15) is 11.3 Å². The summed E-state index contributed by atoms with van der Waals surface area (Å²) in [5.41, 5.74) is 3.18. The van der Waals surface area contributed by atoms with Crippen molar-refractivity contribution in [3.63, 3.8) is 0 Å². The molecule has 6 aromatic rings. The number of para-hydroxylation sites is 1. The summed E-state index contributed by atoms with van der Waals surface area (Å²) in [6.07, 6.45) is 1.62. The molecule has 7 nitrogen and oxygen atoms in total. The van der Waals surface area contributed by atoms with Crippen LogP contribution in [0, 0.1) is 0 Å². The second-order valence-corrected chi connectivity index (χ2v) is 9.27. The molecule has 3 heterocycles. The maximum atomic E-state index is 13.3. The van der Waals surface area contributed by atoms with E-state index < -0.39 is 0 Å². The number of oxazole rings is 1. The van der Waals surface area contributed by atoms with Crippen molar-refractivity contribution >= 4 is 40.0 Å². The Bertz CT molecular complexity index is 1730. The van der Waals surface area contributed by atoms with Gasteiger partial charge in [0.15, 0.2) is 5.16 Å². The van der Waals surface area contributed by atoms with E-state index >= 15 is 0 Å². The molecule has 0 aliphatic carbocycles. The number of rotatable bonds is 6. The zero-order valence-corrected chi connectivity index (χ0v) is 19.9. The third-order valence-electron chi connectivity index (χ3n) is 5.67. The Labute approximate surface area is 209 Å². The highest BCUT2D eigenvalue weighted by Crippen LogP contribution is 2.29. The summed E-state index contributed by atoms with van der Waals surface area (Å²) in [6, 6.07) is 24.8. The highest BCUT2D eigenvalue weighted by atomic mass is 35.5. The molecule has 0 fully saturated rings. The lowest BCUT2D eigenvalue weighted by molar-refractivity contribution is 0.573. The monoisotopic (exact) mass is 499 g/mol. The topological polar surface area (TPSA) is 78.2 Å². The number of fused-ring (bicyclic) bond motifs is 3. The van der Waals surface area contributed by atoms with E-state index in [0.717, 1.165) is 22.3 Å². The van der Waals surface area contributed by atoms with Gasteiger partial charge in [-0.2, -0.15) is 0 Å². The fourth-order valence-electron chi connectivity index (χ4n) is 4.01. The first-order valence-corrected chi connectivity index (χ1v) is 12.3. The van der Waals surface area contributed by atoms with Crippen LogP contribution in [0.15, 0.2) is 99.5 Å². The van der Waals surface area contributed by atoms with Crippen LogP contribution in [-0.2, 0) is 12.3 Å². The normalized spacial score (nSPS) is 11.5. The lowest BCUT2D eigenvalue weighted by Crippen LogP contribution is -2.24. The van der Waals surface area contributed by atoms with Crippen LogP contribution in [-0.4, -0.2) is 24.1 Å². The summed E-state index contributed by atoms with van der Waals surface area (Å²) in [6.45, 7) is 0.404. The minimum atomic E-state index is -0.0956. The molecule has 0 N–H and O–H groups in total. The lowest BCUT2D eigenvalue weighted by atomic mass is 10.2. The minimum absolute atomic E-state index is 0.0956. The van der Waals surface area contributed by atoms with E-state index in [9.17, 15) is 4.79 Å². The molecule has 0 unspecified atom stereocenters. The quantitative estimate of drug-likeness (QED) is 0.274. The van der Waals surface area contributed by atoms with Crippen molar-refractivity contribution in [2.75, 3.05) is 0 Å². The standard InChI is InChI=1S/C26H18ClN5O2S/c27-21-12-6-4-10-19(21)23-28-18(15-34-23)16-35-26-30-29-25-31(14-17-8-2-1-3-9-17)24(33)20-11-5-7-13-22(20)32(25)26/h1-13,15H,14,16H2. The molecule has 0 amide bonds. The van der Waals surface area contributed by atoms with Crippen LogP contribution in [0.4, 0.5) is 0 Å². The van der Waals surface area contributed by atoms with Gasteiger partial charge in [0.2, 0.25) is 11.7 Å². The zero-order chi connectivity index (χ0) is 23.8. The zero-order valence-electron chi connectivity index (χ0n) is 18.3. The van der Waals surface area contributed by atoms with Gasteiger partial charge in [-0.15, -0.1) is 10.2 Å². The number of hydrogen-bond donors (Lipinski definition) is 0. The molecule has 0 radical (unpaired) electrons.